The maximum Gasteiger partial charge on any atom is 0.272 e. The molecule has 2 aromatic heterocycles. The van der Waals surface area contributed by atoms with Crippen LogP contribution in [0.1, 0.15) is 11.3 Å². The third-order valence-corrected chi connectivity index (χ3v) is 4.32. The van der Waals surface area contributed by atoms with E-state index in [1.54, 1.807) is 6.07 Å². The molecule has 2 heterocycles. The summed E-state index contributed by atoms with van der Waals surface area (Å²) in [6, 6.07) is 3.41. The molecule has 0 spiro atoms. The third kappa shape index (κ3) is 1.41. The monoisotopic (exact) mass is 268 g/mol. The molecule has 5 heteroatoms. The molecular formula is C7H3BrF2S2. The van der Waals surface area contributed by atoms with Crippen molar-refractivity contribution in [1.29, 1.82) is 0 Å². The van der Waals surface area contributed by atoms with Gasteiger partial charge in [0.2, 0.25) is 0 Å². The summed E-state index contributed by atoms with van der Waals surface area (Å²) in [6.45, 7) is 0. The Bertz CT molecular complexity index is 373. The molecule has 0 amide bonds. The third-order valence-electron chi connectivity index (χ3n) is 1.42. The predicted molar refractivity (Wildman–Crippen MR) is 52.4 cm³/mol. The van der Waals surface area contributed by atoms with Gasteiger partial charge in [-0.3, -0.25) is 0 Å². The van der Waals surface area contributed by atoms with E-state index in [4.69, 9.17) is 0 Å². The van der Waals surface area contributed by atoms with Crippen LogP contribution in [0.4, 0.5) is 8.78 Å². The van der Waals surface area contributed by atoms with E-state index in [0.29, 0.717) is 0 Å². The van der Waals surface area contributed by atoms with Gasteiger partial charge >= 0.3 is 0 Å². The lowest BCUT2D eigenvalue weighted by Crippen LogP contribution is -1.72. The molecule has 12 heavy (non-hydrogen) atoms. The molecule has 0 unspecified atom stereocenters. The van der Waals surface area contributed by atoms with Crippen LogP contribution in [-0.2, 0) is 0 Å². The minimum atomic E-state index is -2.34. The highest BCUT2D eigenvalue weighted by atomic mass is 79.9. The first-order chi connectivity index (χ1) is 5.66. The molecule has 2 aromatic rings. The highest BCUT2D eigenvalue weighted by Crippen LogP contribution is 2.39. The molecule has 0 aliphatic carbocycles. The van der Waals surface area contributed by atoms with E-state index >= 15 is 0 Å². The lowest BCUT2D eigenvalue weighted by molar-refractivity contribution is 0.156. The molecule has 0 aliphatic heterocycles. The average Bonchev–Trinajstić information content (AvgIpc) is 2.42. The van der Waals surface area contributed by atoms with Crippen LogP contribution in [0.15, 0.2) is 15.9 Å². The zero-order chi connectivity index (χ0) is 8.72. The van der Waals surface area contributed by atoms with Gasteiger partial charge in [-0.25, -0.2) is 8.78 Å². The van der Waals surface area contributed by atoms with Crippen molar-refractivity contribution in [1.82, 2.24) is 0 Å². The van der Waals surface area contributed by atoms with Crippen molar-refractivity contribution in [3.05, 3.63) is 20.8 Å². The summed E-state index contributed by atoms with van der Waals surface area (Å²) < 4.78 is 26.3. The van der Waals surface area contributed by atoms with E-state index in [2.05, 4.69) is 15.9 Å². The minimum absolute atomic E-state index is 0.156. The summed E-state index contributed by atoms with van der Waals surface area (Å²) in [4.78, 5) is 0.156. The summed E-state index contributed by atoms with van der Waals surface area (Å²) in [5.74, 6) is 0. The molecule has 0 saturated carbocycles. The molecule has 0 radical (unpaired) electrons. The van der Waals surface area contributed by atoms with Gasteiger partial charge in [-0.1, -0.05) is 0 Å². The van der Waals surface area contributed by atoms with Gasteiger partial charge in [0.25, 0.3) is 6.43 Å². The molecule has 0 N–H and O–H groups in total. The molecule has 64 valence electrons. The fraction of sp³-hybridized carbons (Fsp3) is 0.143. The first-order valence-corrected chi connectivity index (χ1v) is 5.56. The summed E-state index contributed by atoms with van der Waals surface area (Å²) in [5.41, 5.74) is 0. The van der Waals surface area contributed by atoms with Crippen LogP contribution in [0.5, 0.6) is 0 Å². The molecule has 0 aromatic carbocycles. The Kier molecular flexibility index (Phi) is 2.18. The first kappa shape index (κ1) is 8.59. The second-order valence-electron chi connectivity index (χ2n) is 2.24. The van der Waals surface area contributed by atoms with Crippen LogP contribution in [0.3, 0.4) is 0 Å². The molecular weight excluding hydrogens is 266 g/mol. The van der Waals surface area contributed by atoms with Crippen LogP contribution >= 0.6 is 38.6 Å². The van der Waals surface area contributed by atoms with Gasteiger partial charge in [0.1, 0.15) is 0 Å². The Morgan fingerprint density at radius 1 is 1.25 bits per heavy atom. The van der Waals surface area contributed by atoms with Crippen LogP contribution in [0, 0.1) is 0 Å². The molecule has 0 aliphatic rings. The lowest BCUT2D eigenvalue weighted by atomic mass is 10.4. The standard InChI is InChI=1S/C7H3BrF2S2/c8-5-2-3-1-4(6(9)10)11-7(3)12-5/h1-2,6H. The van der Waals surface area contributed by atoms with Gasteiger partial charge in [-0.15, -0.1) is 22.7 Å². The Morgan fingerprint density at radius 3 is 2.58 bits per heavy atom. The summed E-state index contributed by atoms with van der Waals surface area (Å²) in [5, 5.41) is 0.909. The maximum absolute atomic E-state index is 12.2. The second kappa shape index (κ2) is 3.05. The largest absolute Gasteiger partial charge is 0.272 e. The molecule has 2 rings (SSSR count). The predicted octanol–water partition coefficient (Wildman–Crippen LogP) is 4.66. The van der Waals surface area contributed by atoms with E-state index < -0.39 is 6.43 Å². The summed E-state index contributed by atoms with van der Waals surface area (Å²) >= 11 is 5.96. The van der Waals surface area contributed by atoms with Gasteiger partial charge < -0.3 is 0 Å². The van der Waals surface area contributed by atoms with Crippen molar-refractivity contribution in [2.75, 3.05) is 0 Å². The number of halogens is 3. The highest BCUT2D eigenvalue weighted by molar-refractivity contribution is 9.11. The van der Waals surface area contributed by atoms with Crippen LogP contribution < -0.4 is 0 Å². The van der Waals surface area contributed by atoms with Crippen LogP contribution in [0.2, 0.25) is 0 Å². The number of hydrogen-bond acceptors (Lipinski definition) is 2. The SMILES string of the molecule is FC(F)c1cc2cc(Br)sc2s1. The van der Waals surface area contributed by atoms with Gasteiger partial charge in [0.15, 0.2) is 0 Å². The molecule has 0 saturated heterocycles. The van der Waals surface area contributed by atoms with E-state index in [1.807, 2.05) is 6.07 Å². The van der Waals surface area contributed by atoms with Gasteiger partial charge in [0.05, 0.1) is 12.7 Å². The summed E-state index contributed by atoms with van der Waals surface area (Å²) in [7, 11) is 0. The van der Waals surface area contributed by atoms with Crippen molar-refractivity contribution in [3.63, 3.8) is 0 Å². The van der Waals surface area contributed by atoms with E-state index in [0.717, 1.165) is 24.5 Å². The fourth-order valence-corrected chi connectivity index (χ4v) is 4.04. The zero-order valence-corrected chi connectivity index (χ0v) is 8.90. The average molecular weight is 269 g/mol. The Labute approximate surface area is 84.0 Å². The van der Waals surface area contributed by atoms with Crippen LogP contribution in [0.25, 0.3) is 9.40 Å². The Hall–Kier alpha value is -0.0000000000000000555. The van der Waals surface area contributed by atoms with Crippen LogP contribution in [-0.4, -0.2) is 0 Å². The molecule has 0 nitrogen and oxygen atoms in total. The number of fused-ring (bicyclic) bond motifs is 1. The van der Waals surface area contributed by atoms with E-state index in [9.17, 15) is 8.78 Å². The quantitative estimate of drug-likeness (QED) is 0.706. The van der Waals surface area contributed by atoms with E-state index in [-0.39, 0.29) is 4.88 Å². The highest BCUT2D eigenvalue weighted by Gasteiger charge is 2.12. The van der Waals surface area contributed by atoms with Crippen molar-refractivity contribution in [3.8, 4) is 0 Å². The van der Waals surface area contributed by atoms with Gasteiger partial charge in [-0.05, 0) is 28.1 Å². The van der Waals surface area contributed by atoms with E-state index in [1.165, 1.54) is 11.3 Å². The summed E-state index contributed by atoms with van der Waals surface area (Å²) in [6.07, 6.45) is -2.34. The smallest absolute Gasteiger partial charge is 0.204 e. The normalized spacial score (nSPS) is 11.7. The van der Waals surface area contributed by atoms with Crippen molar-refractivity contribution < 1.29 is 8.78 Å². The second-order valence-corrected chi connectivity index (χ2v) is 6.02. The number of hydrogen-bond donors (Lipinski definition) is 0. The molecule has 0 bridgehead atoms. The number of rotatable bonds is 1. The van der Waals surface area contributed by atoms with Crippen molar-refractivity contribution in [2.24, 2.45) is 0 Å². The minimum Gasteiger partial charge on any atom is -0.204 e. The maximum atomic E-state index is 12.2. The number of alkyl halides is 2. The Morgan fingerprint density at radius 2 is 2.00 bits per heavy atom. The van der Waals surface area contributed by atoms with Crippen molar-refractivity contribution in [2.45, 2.75) is 6.43 Å². The topological polar surface area (TPSA) is 0 Å². The molecule has 0 fully saturated rings. The number of thiophene rings is 2. The van der Waals surface area contributed by atoms with Gasteiger partial charge in [0, 0.05) is 5.39 Å². The fourth-order valence-electron chi connectivity index (χ4n) is 0.936. The van der Waals surface area contributed by atoms with Gasteiger partial charge in [-0.2, -0.15) is 0 Å². The Balaban J connectivity index is 2.57. The van der Waals surface area contributed by atoms with Crippen molar-refractivity contribution >= 4 is 48.0 Å². The molecule has 0 atom stereocenters. The zero-order valence-electron chi connectivity index (χ0n) is 5.68. The first-order valence-electron chi connectivity index (χ1n) is 3.14. The lowest BCUT2D eigenvalue weighted by Gasteiger charge is -1.88.